The SMILES string of the molecule is OCc1ccc(-n2cc(I)cn2)nc1. The predicted molar refractivity (Wildman–Crippen MR) is 60.0 cm³/mol. The van der Waals surface area contributed by atoms with E-state index >= 15 is 0 Å². The molecule has 0 fully saturated rings. The summed E-state index contributed by atoms with van der Waals surface area (Å²) in [5.41, 5.74) is 0.801. The third kappa shape index (κ3) is 1.93. The molecule has 0 aliphatic carbocycles. The molecular weight excluding hydrogens is 293 g/mol. The van der Waals surface area contributed by atoms with Crippen LogP contribution in [0.25, 0.3) is 5.82 Å². The molecule has 0 amide bonds. The Hall–Kier alpha value is -0.950. The van der Waals surface area contributed by atoms with Gasteiger partial charge in [-0.1, -0.05) is 6.07 Å². The Morgan fingerprint density at radius 2 is 2.21 bits per heavy atom. The Morgan fingerprint density at radius 3 is 2.71 bits per heavy atom. The Bertz CT molecular complexity index is 424. The molecule has 0 atom stereocenters. The number of hydrogen-bond donors (Lipinski definition) is 1. The summed E-state index contributed by atoms with van der Waals surface area (Å²) in [7, 11) is 0. The van der Waals surface area contributed by atoms with Gasteiger partial charge in [0.2, 0.25) is 0 Å². The summed E-state index contributed by atoms with van der Waals surface area (Å²) in [6, 6.07) is 3.66. The van der Waals surface area contributed by atoms with Crippen LogP contribution in [0.2, 0.25) is 0 Å². The van der Waals surface area contributed by atoms with Gasteiger partial charge in [0.15, 0.2) is 5.82 Å². The van der Waals surface area contributed by atoms with E-state index in [1.165, 1.54) is 0 Å². The number of halogens is 1. The van der Waals surface area contributed by atoms with Crippen molar-refractivity contribution < 1.29 is 5.11 Å². The fourth-order valence-corrected chi connectivity index (χ4v) is 1.46. The van der Waals surface area contributed by atoms with Crippen LogP contribution < -0.4 is 0 Å². The normalized spacial score (nSPS) is 10.4. The predicted octanol–water partition coefficient (Wildman–Crippen LogP) is 1.36. The van der Waals surface area contributed by atoms with Gasteiger partial charge in [-0.25, -0.2) is 9.67 Å². The van der Waals surface area contributed by atoms with Crippen molar-refractivity contribution >= 4 is 22.6 Å². The first-order valence-electron chi connectivity index (χ1n) is 4.06. The maximum absolute atomic E-state index is 8.84. The van der Waals surface area contributed by atoms with Gasteiger partial charge >= 0.3 is 0 Å². The number of rotatable bonds is 2. The van der Waals surface area contributed by atoms with Crippen molar-refractivity contribution in [3.8, 4) is 5.82 Å². The van der Waals surface area contributed by atoms with Crippen LogP contribution in [0.15, 0.2) is 30.7 Å². The highest BCUT2D eigenvalue weighted by Gasteiger charge is 1.99. The molecule has 0 aliphatic heterocycles. The molecule has 72 valence electrons. The highest BCUT2D eigenvalue weighted by atomic mass is 127. The minimum atomic E-state index is 0.0178. The van der Waals surface area contributed by atoms with E-state index in [9.17, 15) is 0 Å². The van der Waals surface area contributed by atoms with Crippen LogP contribution in [0, 0.1) is 3.57 Å². The average molecular weight is 301 g/mol. The molecule has 0 saturated heterocycles. The molecule has 0 saturated carbocycles. The zero-order valence-electron chi connectivity index (χ0n) is 7.26. The van der Waals surface area contributed by atoms with Gasteiger partial charge in [-0.3, -0.25) is 0 Å². The van der Waals surface area contributed by atoms with Crippen molar-refractivity contribution in [1.82, 2.24) is 14.8 Å². The Labute approximate surface area is 94.7 Å². The summed E-state index contributed by atoms with van der Waals surface area (Å²) in [6.07, 6.45) is 5.30. The largest absolute Gasteiger partial charge is 0.392 e. The molecule has 0 unspecified atom stereocenters. The van der Waals surface area contributed by atoms with Crippen molar-refractivity contribution in [2.24, 2.45) is 0 Å². The van der Waals surface area contributed by atoms with Gasteiger partial charge in [0.05, 0.1) is 16.4 Å². The first-order valence-corrected chi connectivity index (χ1v) is 5.14. The Balaban J connectivity index is 2.33. The minimum Gasteiger partial charge on any atom is -0.392 e. The second-order valence-corrected chi connectivity index (χ2v) is 4.03. The first-order chi connectivity index (χ1) is 6.79. The van der Waals surface area contributed by atoms with Crippen molar-refractivity contribution in [3.63, 3.8) is 0 Å². The maximum atomic E-state index is 8.84. The lowest BCUT2D eigenvalue weighted by molar-refractivity contribution is 0.281. The summed E-state index contributed by atoms with van der Waals surface area (Å²) < 4.78 is 2.76. The number of aliphatic hydroxyl groups excluding tert-OH is 1. The molecule has 5 heteroatoms. The van der Waals surface area contributed by atoms with Crippen LogP contribution in [-0.2, 0) is 6.61 Å². The molecule has 2 aromatic rings. The van der Waals surface area contributed by atoms with Gasteiger partial charge in [-0.2, -0.15) is 5.10 Å². The molecule has 0 aliphatic rings. The van der Waals surface area contributed by atoms with Gasteiger partial charge in [-0.05, 0) is 34.2 Å². The molecule has 2 rings (SSSR count). The lowest BCUT2D eigenvalue weighted by atomic mass is 10.3. The van der Waals surface area contributed by atoms with Crippen molar-refractivity contribution in [3.05, 3.63) is 39.9 Å². The lowest BCUT2D eigenvalue weighted by Crippen LogP contribution is -1.98. The van der Waals surface area contributed by atoms with E-state index in [1.807, 2.05) is 18.3 Å². The number of aromatic nitrogens is 3. The monoisotopic (exact) mass is 301 g/mol. The second-order valence-electron chi connectivity index (χ2n) is 2.79. The third-order valence-corrected chi connectivity index (χ3v) is 2.33. The fraction of sp³-hybridized carbons (Fsp3) is 0.111. The van der Waals surface area contributed by atoms with E-state index in [2.05, 4.69) is 32.7 Å². The summed E-state index contributed by atoms with van der Waals surface area (Å²) in [5.74, 6) is 0.755. The molecule has 0 spiro atoms. The summed E-state index contributed by atoms with van der Waals surface area (Å²) >= 11 is 2.19. The van der Waals surface area contributed by atoms with E-state index in [0.29, 0.717) is 0 Å². The van der Waals surface area contributed by atoms with Crippen LogP contribution in [0.3, 0.4) is 0 Å². The smallest absolute Gasteiger partial charge is 0.153 e. The van der Waals surface area contributed by atoms with E-state index in [1.54, 1.807) is 17.1 Å². The van der Waals surface area contributed by atoms with Crippen LogP contribution in [-0.4, -0.2) is 19.9 Å². The molecule has 0 bridgehead atoms. The second kappa shape index (κ2) is 4.05. The Morgan fingerprint density at radius 1 is 1.36 bits per heavy atom. The fourth-order valence-electron chi connectivity index (χ4n) is 1.07. The molecule has 1 N–H and O–H groups in total. The standard InChI is InChI=1S/C9H8IN3O/c10-8-4-12-13(5-8)9-2-1-7(6-14)3-11-9/h1-5,14H,6H2. The molecular formula is C9H8IN3O. The quantitative estimate of drug-likeness (QED) is 0.852. The van der Waals surface area contributed by atoms with E-state index < -0.39 is 0 Å². The van der Waals surface area contributed by atoms with Crippen LogP contribution >= 0.6 is 22.6 Å². The van der Waals surface area contributed by atoms with Gasteiger partial charge in [0.25, 0.3) is 0 Å². The molecule has 4 nitrogen and oxygen atoms in total. The number of nitrogens with zero attached hydrogens (tertiary/aromatic N) is 3. The molecule has 2 aromatic heterocycles. The van der Waals surface area contributed by atoms with Gasteiger partial charge in [-0.15, -0.1) is 0 Å². The summed E-state index contributed by atoms with van der Waals surface area (Å²) in [6.45, 7) is 0.0178. The zero-order chi connectivity index (χ0) is 9.97. The number of aliphatic hydroxyl groups is 1. The molecule has 2 heterocycles. The zero-order valence-corrected chi connectivity index (χ0v) is 9.42. The van der Waals surface area contributed by atoms with Crippen molar-refractivity contribution in [2.75, 3.05) is 0 Å². The highest BCUT2D eigenvalue weighted by molar-refractivity contribution is 14.1. The number of pyridine rings is 1. The molecule has 0 aromatic carbocycles. The van der Waals surface area contributed by atoms with Gasteiger partial charge in [0.1, 0.15) is 0 Å². The Kier molecular flexibility index (Phi) is 2.78. The van der Waals surface area contributed by atoms with Crippen LogP contribution in [0.1, 0.15) is 5.56 Å². The van der Waals surface area contributed by atoms with Crippen molar-refractivity contribution in [1.29, 1.82) is 0 Å². The third-order valence-electron chi connectivity index (χ3n) is 1.78. The van der Waals surface area contributed by atoms with E-state index in [0.717, 1.165) is 15.0 Å². The van der Waals surface area contributed by atoms with Crippen LogP contribution in [0.4, 0.5) is 0 Å². The van der Waals surface area contributed by atoms with E-state index in [-0.39, 0.29) is 6.61 Å². The molecule has 14 heavy (non-hydrogen) atoms. The highest BCUT2D eigenvalue weighted by Crippen LogP contribution is 2.08. The molecule has 0 radical (unpaired) electrons. The number of hydrogen-bond acceptors (Lipinski definition) is 3. The topological polar surface area (TPSA) is 50.9 Å². The first kappa shape index (κ1) is 9.60. The maximum Gasteiger partial charge on any atom is 0.153 e. The summed E-state index contributed by atoms with van der Waals surface area (Å²) in [4.78, 5) is 4.17. The van der Waals surface area contributed by atoms with Gasteiger partial charge < -0.3 is 5.11 Å². The van der Waals surface area contributed by atoms with Crippen LogP contribution in [0.5, 0.6) is 0 Å². The van der Waals surface area contributed by atoms with Crippen molar-refractivity contribution in [2.45, 2.75) is 6.61 Å². The lowest BCUT2D eigenvalue weighted by Gasteiger charge is -2.00. The summed E-state index contributed by atoms with van der Waals surface area (Å²) in [5, 5.41) is 13.0. The minimum absolute atomic E-state index is 0.0178. The average Bonchev–Trinajstić information content (AvgIpc) is 2.65. The van der Waals surface area contributed by atoms with E-state index in [4.69, 9.17) is 5.11 Å². The van der Waals surface area contributed by atoms with Gasteiger partial charge in [0, 0.05) is 12.4 Å².